The highest BCUT2D eigenvalue weighted by molar-refractivity contribution is 6.04. The number of hydrogen-bond acceptors (Lipinski definition) is 3. The summed E-state index contributed by atoms with van der Waals surface area (Å²) in [7, 11) is 0. The number of rotatable bonds is 5. The summed E-state index contributed by atoms with van der Waals surface area (Å²) < 4.78 is 0. The molecule has 0 aromatic heterocycles. The number of para-hydroxylation sites is 1. The zero-order valence-corrected chi connectivity index (χ0v) is 18.4. The molecule has 1 aliphatic carbocycles. The number of anilines is 1. The number of carboxylic acid groups (broad SMARTS) is 1. The van der Waals surface area contributed by atoms with Gasteiger partial charge in [0.1, 0.15) is 0 Å². The van der Waals surface area contributed by atoms with Crippen molar-refractivity contribution in [1.29, 1.82) is 0 Å². The first kappa shape index (κ1) is 20.4. The van der Waals surface area contributed by atoms with Crippen LogP contribution in [0.15, 0.2) is 65.2 Å². The van der Waals surface area contributed by atoms with Crippen molar-refractivity contribution in [2.24, 2.45) is 10.9 Å². The maximum Gasteiger partial charge on any atom is 0.309 e. The summed E-state index contributed by atoms with van der Waals surface area (Å²) in [6, 6.07) is 14.0. The Labute approximate surface area is 187 Å². The van der Waals surface area contributed by atoms with E-state index in [1.807, 2.05) is 50.3 Å². The van der Waals surface area contributed by atoms with Gasteiger partial charge in [-0.2, -0.15) is 0 Å². The molecule has 2 aromatic rings. The van der Waals surface area contributed by atoms with Crippen LogP contribution in [0.25, 0.3) is 6.08 Å². The van der Waals surface area contributed by atoms with Crippen LogP contribution < -0.4 is 5.32 Å². The summed E-state index contributed by atoms with van der Waals surface area (Å²) in [5.41, 5.74) is 6.20. The fourth-order valence-electron chi connectivity index (χ4n) is 5.60. The number of aliphatic carboxylic acids is 1. The van der Waals surface area contributed by atoms with E-state index in [-0.39, 0.29) is 17.7 Å². The average Bonchev–Trinajstić information content (AvgIpc) is 3.40. The predicted molar refractivity (Wildman–Crippen MR) is 126 cm³/mol. The quantitative estimate of drug-likeness (QED) is 0.710. The lowest BCUT2D eigenvalue weighted by Crippen LogP contribution is -2.41. The molecule has 5 heteroatoms. The monoisotopic (exact) mass is 426 g/mol. The minimum Gasteiger partial charge on any atom is -0.481 e. The van der Waals surface area contributed by atoms with Crippen LogP contribution in [-0.2, 0) is 16.0 Å². The summed E-state index contributed by atoms with van der Waals surface area (Å²) in [5.74, 6) is -1.80. The minimum atomic E-state index is -0.851. The molecule has 5 nitrogen and oxygen atoms in total. The normalized spacial score (nSPS) is 26.3. The summed E-state index contributed by atoms with van der Waals surface area (Å²) in [4.78, 5) is 29.7. The Bertz CT molecular complexity index is 1240. The third-order valence-corrected chi connectivity index (χ3v) is 7.29. The molecule has 0 saturated heterocycles. The summed E-state index contributed by atoms with van der Waals surface area (Å²) in [6.45, 7) is 5.63. The van der Waals surface area contributed by atoms with Crippen LogP contribution in [0, 0.1) is 5.92 Å². The van der Waals surface area contributed by atoms with Crippen LogP contribution in [0.3, 0.4) is 0 Å². The first-order chi connectivity index (χ1) is 15.3. The van der Waals surface area contributed by atoms with Crippen LogP contribution >= 0.6 is 0 Å². The van der Waals surface area contributed by atoms with E-state index >= 15 is 0 Å². The standard InChI is InChI=1S/C27H26N2O3/c1-15-13-16(2)29-27(15,17(3)26(31)32)14-18-7-6-9-20-19(18)11-12-21(20)24-22-8-4-5-10-23(22)28-25(24)30/h4-13,17,21,24H,14H2,1-3H3,(H,28,30)(H,31,32). The topological polar surface area (TPSA) is 78.8 Å². The van der Waals surface area contributed by atoms with E-state index in [2.05, 4.69) is 29.6 Å². The molecule has 32 heavy (non-hydrogen) atoms. The van der Waals surface area contributed by atoms with E-state index in [1.54, 1.807) is 6.92 Å². The minimum absolute atomic E-state index is 0.0184. The van der Waals surface area contributed by atoms with Gasteiger partial charge in [0, 0.05) is 23.7 Å². The maximum absolute atomic E-state index is 12.9. The first-order valence-electron chi connectivity index (χ1n) is 11.0. The Morgan fingerprint density at radius 2 is 1.91 bits per heavy atom. The van der Waals surface area contributed by atoms with Crippen LogP contribution in [0.5, 0.6) is 0 Å². The molecule has 0 fully saturated rings. The third kappa shape index (κ3) is 2.95. The van der Waals surface area contributed by atoms with E-state index in [0.29, 0.717) is 6.42 Å². The molecule has 0 bridgehead atoms. The van der Waals surface area contributed by atoms with Crippen molar-refractivity contribution in [3.05, 3.63) is 82.4 Å². The van der Waals surface area contributed by atoms with Gasteiger partial charge in [0.15, 0.2) is 0 Å². The Kier molecular flexibility index (Phi) is 4.66. The molecule has 162 valence electrons. The Morgan fingerprint density at radius 1 is 1.16 bits per heavy atom. The number of nitrogens with one attached hydrogen (secondary N) is 1. The molecular weight excluding hydrogens is 400 g/mol. The Morgan fingerprint density at radius 3 is 2.62 bits per heavy atom. The zero-order chi connectivity index (χ0) is 22.6. The van der Waals surface area contributed by atoms with Crippen LogP contribution in [0.2, 0.25) is 0 Å². The van der Waals surface area contributed by atoms with Crippen molar-refractivity contribution in [2.75, 3.05) is 5.32 Å². The molecular formula is C27H26N2O3. The largest absolute Gasteiger partial charge is 0.481 e. The van der Waals surface area contributed by atoms with Gasteiger partial charge in [0.05, 0.1) is 17.4 Å². The number of carbonyl (C=O) groups is 2. The molecule has 0 saturated carbocycles. The molecule has 2 aromatic carbocycles. The molecule has 1 amide bonds. The van der Waals surface area contributed by atoms with E-state index in [0.717, 1.165) is 39.2 Å². The number of carboxylic acids is 1. The molecule has 2 aliphatic heterocycles. The van der Waals surface area contributed by atoms with E-state index in [9.17, 15) is 14.7 Å². The van der Waals surface area contributed by atoms with Crippen molar-refractivity contribution in [2.45, 2.75) is 44.6 Å². The van der Waals surface area contributed by atoms with E-state index < -0.39 is 17.4 Å². The third-order valence-electron chi connectivity index (χ3n) is 7.29. The molecule has 2 N–H and O–H groups in total. The summed E-state index contributed by atoms with van der Waals surface area (Å²) in [5, 5.41) is 12.8. The SMILES string of the molecule is CC1=CC(C)=NC1(Cc1cccc2c1C=CC2C1C(=O)Nc2ccccc21)C(C)C(=O)O. The number of hydrogen-bond donors (Lipinski definition) is 2. The van der Waals surface area contributed by atoms with Crippen LogP contribution in [-0.4, -0.2) is 28.2 Å². The Hall–Kier alpha value is -3.47. The second-order valence-electron chi connectivity index (χ2n) is 9.10. The number of allylic oxidation sites excluding steroid dienone is 2. The lowest BCUT2D eigenvalue weighted by molar-refractivity contribution is -0.142. The molecule has 0 radical (unpaired) electrons. The highest BCUT2D eigenvalue weighted by Crippen LogP contribution is 2.48. The van der Waals surface area contributed by atoms with Crippen molar-refractivity contribution >= 4 is 29.4 Å². The molecule has 4 atom stereocenters. The van der Waals surface area contributed by atoms with Crippen LogP contribution in [0.1, 0.15) is 54.9 Å². The van der Waals surface area contributed by atoms with Gasteiger partial charge < -0.3 is 10.4 Å². The van der Waals surface area contributed by atoms with E-state index in [1.165, 1.54) is 0 Å². The molecule has 4 unspecified atom stereocenters. The fourth-order valence-corrected chi connectivity index (χ4v) is 5.60. The van der Waals surface area contributed by atoms with Crippen molar-refractivity contribution in [3.63, 3.8) is 0 Å². The molecule has 2 heterocycles. The van der Waals surface area contributed by atoms with Gasteiger partial charge in [0.2, 0.25) is 5.91 Å². The highest BCUT2D eigenvalue weighted by atomic mass is 16.4. The number of benzene rings is 2. The van der Waals surface area contributed by atoms with Gasteiger partial charge in [-0.3, -0.25) is 14.6 Å². The summed E-state index contributed by atoms with van der Waals surface area (Å²) in [6.07, 6.45) is 6.70. The second-order valence-corrected chi connectivity index (χ2v) is 9.10. The van der Waals surface area contributed by atoms with Gasteiger partial charge in [-0.1, -0.05) is 48.6 Å². The molecule has 5 rings (SSSR count). The van der Waals surface area contributed by atoms with Crippen molar-refractivity contribution in [1.82, 2.24) is 0 Å². The Balaban J connectivity index is 1.55. The molecule has 0 spiro atoms. The van der Waals surface area contributed by atoms with Gasteiger partial charge in [-0.25, -0.2) is 0 Å². The van der Waals surface area contributed by atoms with Gasteiger partial charge in [-0.15, -0.1) is 0 Å². The van der Waals surface area contributed by atoms with Crippen LogP contribution in [0.4, 0.5) is 5.69 Å². The van der Waals surface area contributed by atoms with Crippen molar-refractivity contribution < 1.29 is 14.7 Å². The van der Waals surface area contributed by atoms with Gasteiger partial charge in [0.25, 0.3) is 0 Å². The molecule has 3 aliphatic rings. The number of fused-ring (bicyclic) bond motifs is 2. The lowest BCUT2D eigenvalue weighted by Gasteiger charge is -2.33. The summed E-state index contributed by atoms with van der Waals surface area (Å²) >= 11 is 0. The number of aliphatic imine (C=N–C) groups is 1. The zero-order valence-electron chi connectivity index (χ0n) is 18.4. The lowest BCUT2D eigenvalue weighted by atomic mass is 9.74. The predicted octanol–water partition coefficient (Wildman–Crippen LogP) is 4.96. The van der Waals surface area contributed by atoms with Gasteiger partial charge in [-0.05, 0) is 60.7 Å². The number of amides is 1. The van der Waals surface area contributed by atoms with E-state index in [4.69, 9.17) is 4.99 Å². The second kappa shape index (κ2) is 7.30. The number of carbonyl (C=O) groups excluding carboxylic acids is 1. The first-order valence-corrected chi connectivity index (χ1v) is 11.0. The van der Waals surface area contributed by atoms with Gasteiger partial charge >= 0.3 is 5.97 Å². The number of nitrogens with zero attached hydrogens (tertiary/aromatic N) is 1. The highest BCUT2D eigenvalue weighted by Gasteiger charge is 2.45. The average molecular weight is 427 g/mol. The van der Waals surface area contributed by atoms with Crippen molar-refractivity contribution in [3.8, 4) is 0 Å². The maximum atomic E-state index is 12.9. The fraction of sp³-hybridized carbons (Fsp3) is 0.296. The smallest absolute Gasteiger partial charge is 0.309 e.